The molecule has 0 saturated carbocycles. The molecule has 2 aliphatic heterocycles. The summed E-state index contributed by atoms with van der Waals surface area (Å²) in [5, 5.41) is 1.14. The number of piperidine rings is 1. The maximum Gasteiger partial charge on any atom is 0.242 e. The van der Waals surface area contributed by atoms with Gasteiger partial charge in [-0.3, -0.25) is 9.78 Å². The first-order valence-corrected chi connectivity index (χ1v) is 8.47. The second-order valence-electron chi connectivity index (χ2n) is 7.20. The molecule has 2 aromatic heterocycles. The van der Waals surface area contributed by atoms with Crippen LogP contribution in [0.2, 0.25) is 0 Å². The van der Waals surface area contributed by atoms with Crippen LogP contribution in [0.5, 0.6) is 0 Å². The third-order valence-corrected chi connectivity index (χ3v) is 5.52. The van der Waals surface area contributed by atoms with Gasteiger partial charge in [-0.1, -0.05) is 0 Å². The van der Waals surface area contributed by atoms with E-state index >= 15 is 0 Å². The third-order valence-electron chi connectivity index (χ3n) is 5.52. The minimum Gasteiger partial charge on any atom is -0.341 e. The van der Waals surface area contributed by atoms with Gasteiger partial charge in [-0.2, -0.15) is 0 Å². The van der Waals surface area contributed by atoms with Crippen molar-refractivity contribution >= 4 is 16.8 Å². The molecule has 0 aromatic carbocycles. The molecule has 2 aliphatic rings. The quantitative estimate of drug-likeness (QED) is 0.848. The van der Waals surface area contributed by atoms with E-state index in [-0.39, 0.29) is 5.91 Å². The van der Waals surface area contributed by atoms with Gasteiger partial charge in [0.15, 0.2) is 0 Å². The van der Waals surface area contributed by atoms with E-state index in [9.17, 15) is 4.79 Å². The second-order valence-corrected chi connectivity index (χ2v) is 7.20. The first-order chi connectivity index (χ1) is 11.1. The lowest BCUT2D eigenvalue weighted by atomic mass is 9.89. The molecule has 2 unspecified atom stereocenters. The number of hydrogen-bond acceptors (Lipinski definition) is 3. The average Bonchev–Trinajstić information content (AvgIpc) is 3.06. The van der Waals surface area contributed by atoms with E-state index in [4.69, 9.17) is 0 Å². The Morgan fingerprint density at radius 1 is 1.30 bits per heavy atom. The van der Waals surface area contributed by atoms with Crippen LogP contribution in [0, 0.1) is 18.8 Å². The zero-order valence-electron chi connectivity index (χ0n) is 13.9. The van der Waals surface area contributed by atoms with E-state index < -0.39 is 0 Å². The standard InChI is InChI=1S/C18H24N4O/c1-13-8-22(17-3-5-19-7-16(13)17)12-18(23)21-6-4-14-9-20(2)10-15(14)11-21/h3,5,7-8,14-15H,4,6,9-12H2,1-2H3. The van der Waals surface area contributed by atoms with Crippen molar-refractivity contribution in [3.05, 3.63) is 30.2 Å². The van der Waals surface area contributed by atoms with Crippen LogP contribution < -0.4 is 0 Å². The Hall–Kier alpha value is -1.88. The number of fused-ring (bicyclic) bond motifs is 2. The molecule has 4 rings (SSSR count). The molecule has 23 heavy (non-hydrogen) atoms. The van der Waals surface area contributed by atoms with Gasteiger partial charge >= 0.3 is 0 Å². The van der Waals surface area contributed by atoms with Crippen molar-refractivity contribution in [1.82, 2.24) is 19.4 Å². The third kappa shape index (κ3) is 2.63. The average molecular weight is 312 g/mol. The van der Waals surface area contributed by atoms with E-state index in [1.165, 1.54) is 12.1 Å². The van der Waals surface area contributed by atoms with E-state index in [0.717, 1.165) is 42.9 Å². The molecule has 2 saturated heterocycles. The molecule has 2 fully saturated rings. The number of aromatic nitrogens is 2. The highest BCUT2D eigenvalue weighted by atomic mass is 16.2. The second kappa shape index (κ2) is 5.64. The maximum atomic E-state index is 12.8. The zero-order chi connectivity index (χ0) is 16.0. The van der Waals surface area contributed by atoms with Gasteiger partial charge in [0.1, 0.15) is 6.54 Å². The topological polar surface area (TPSA) is 41.4 Å². The van der Waals surface area contributed by atoms with Crippen molar-refractivity contribution in [2.24, 2.45) is 11.8 Å². The van der Waals surface area contributed by atoms with Crippen LogP contribution in [0.25, 0.3) is 10.9 Å². The van der Waals surface area contributed by atoms with Crippen molar-refractivity contribution in [2.75, 3.05) is 33.2 Å². The summed E-state index contributed by atoms with van der Waals surface area (Å²) >= 11 is 0. The van der Waals surface area contributed by atoms with Crippen LogP contribution in [-0.4, -0.2) is 58.5 Å². The summed E-state index contributed by atoms with van der Waals surface area (Å²) in [5.74, 6) is 1.68. The Morgan fingerprint density at radius 2 is 2.13 bits per heavy atom. The molecule has 0 bridgehead atoms. The molecule has 0 aliphatic carbocycles. The fraction of sp³-hybridized carbons (Fsp3) is 0.556. The minimum atomic E-state index is 0.242. The van der Waals surface area contributed by atoms with E-state index in [1.54, 1.807) is 6.20 Å². The lowest BCUT2D eigenvalue weighted by Crippen LogP contribution is -2.44. The Balaban J connectivity index is 1.49. The molecule has 122 valence electrons. The van der Waals surface area contributed by atoms with Crippen molar-refractivity contribution in [1.29, 1.82) is 0 Å². The van der Waals surface area contributed by atoms with Gasteiger partial charge < -0.3 is 14.4 Å². The first kappa shape index (κ1) is 14.7. The number of rotatable bonds is 2. The molecule has 0 radical (unpaired) electrons. The number of carbonyl (C=O) groups excluding carboxylic acids is 1. The summed E-state index contributed by atoms with van der Waals surface area (Å²) in [4.78, 5) is 21.4. The van der Waals surface area contributed by atoms with Crippen LogP contribution in [0.4, 0.5) is 0 Å². The van der Waals surface area contributed by atoms with Gasteiger partial charge in [-0.15, -0.1) is 0 Å². The minimum absolute atomic E-state index is 0.242. The molecule has 0 spiro atoms. The Morgan fingerprint density at radius 3 is 3.00 bits per heavy atom. The van der Waals surface area contributed by atoms with Gasteiger partial charge in [0, 0.05) is 50.2 Å². The Labute approximate surface area is 136 Å². The van der Waals surface area contributed by atoms with E-state index in [2.05, 4.69) is 39.5 Å². The van der Waals surface area contributed by atoms with Crippen molar-refractivity contribution < 1.29 is 4.79 Å². The van der Waals surface area contributed by atoms with Crippen molar-refractivity contribution in [2.45, 2.75) is 19.9 Å². The van der Waals surface area contributed by atoms with Gasteiger partial charge in [-0.05, 0) is 43.9 Å². The normalized spacial score (nSPS) is 25.0. The van der Waals surface area contributed by atoms with Gasteiger partial charge in [0.05, 0.1) is 5.52 Å². The highest BCUT2D eigenvalue weighted by molar-refractivity contribution is 5.85. The fourth-order valence-electron chi connectivity index (χ4n) is 4.32. The largest absolute Gasteiger partial charge is 0.341 e. The summed E-state index contributed by atoms with van der Waals surface area (Å²) in [5.41, 5.74) is 2.28. The van der Waals surface area contributed by atoms with Crippen LogP contribution in [0.3, 0.4) is 0 Å². The number of carbonyl (C=O) groups is 1. The molecular formula is C18H24N4O. The lowest BCUT2D eigenvalue weighted by Gasteiger charge is -2.34. The van der Waals surface area contributed by atoms with E-state index in [1.807, 2.05) is 12.3 Å². The fourth-order valence-corrected chi connectivity index (χ4v) is 4.32. The highest BCUT2D eigenvalue weighted by Crippen LogP contribution is 2.30. The monoisotopic (exact) mass is 312 g/mol. The molecule has 2 atom stereocenters. The van der Waals surface area contributed by atoms with Gasteiger partial charge in [-0.25, -0.2) is 0 Å². The summed E-state index contributed by atoms with van der Waals surface area (Å²) < 4.78 is 2.07. The molecule has 1 amide bonds. The zero-order valence-corrected chi connectivity index (χ0v) is 13.9. The number of pyridine rings is 1. The molecule has 5 nitrogen and oxygen atoms in total. The Kier molecular flexibility index (Phi) is 3.60. The number of nitrogens with zero attached hydrogens (tertiary/aromatic N) is 4. The van der Waals surface area contributed by atoms with Crippen LogP contribution >= 0.6 is 0 Å². The number of aryl methyl sites for hydroxylation is 1. The number of hydrogen-bond donors (Lipinski definition) is 0. The van der Waals surface area contributed by atoms with Gasteiger partial charge in [0.2, 0.25) is 5.91 Å². The SMILES string of the molecule is Cc1cn(CC(=O)N2CCC3CN(C)CC3C2)c2ccncc12. The molecule has 2 aromatic rings. The predicted molar refractivity (Wildman–Crippen MR) is 90.1 cm³/mol. The van der Waals surface area contributed by atoms with Crippen molar-refractivity contribution in [3.63, 3.8) is 0 Å². The maximum absolute atomic E-state index is 12.8. The Bertz CT molecular complexity index is 738. The summed E-state index contributed by atoms with van der Waals surface area (Å²) in [6.45, 7) is 6.67. The predicted octanol–water partition coefficient (Wildman–Crippen LogP) is 1.75. The van der Waals surface area contributed by atoms with Crippen molar-refractivity contribution in [3.8, 4) is 0 Å². The molecular weight excluding hydrogens is 288 g/mol. The van der Waals surface area contributed by atoms with Crippen LogP contribution in [0.15, 0.2) is 24.7 Å². The summed E-state index contributed by atoms with van der Waals surface area (Å²) in [6, 6.07) is 1.99. The smallest absolute Gasteiger partial charge is 0.242 e. The van der Waals surface area contributed by atoms with Crippen LogP contribution in [0.1, 0.15) is 12.0 Å². The lowest BCUT2D eigenvalue weighted by molar-refractivity contribution is -0.134. The molecule has 0 N–H and O–H groups in total. The highest BCUT2D eigenvalue weighted by Gasteiger charge is 2.36. The first-order valence-electron chi connectivity index (χ1n) is 8.47. The summed E-state index contributed by atoms with van der Waals surface area (Å²) in [6.07, 6.45) is 6.89. The van der Waals surface area contributed by atoms with Crippen LogP contribution in [-0.2, 0) is 11.3 Å². The van der Waals surface area contributed by atoms with Gasteiger partial charge in [0.25, 0.3) is 0 Å². The number of amides is 1. The molecule has 4 heterocycles. The number of likely N-dealkylation sites (tertiary alicyclic amines) is 2. The molecule has 5 heteroatoms. The van der Waals surface area contributed by atoms with E-state index in [0.29, 0.717) is 12.5 Å². The summed E-state index contributed by atoms with van der Waals surface area (Å²) in [7, 11) is 2.19.